The van der Waals surface area contributed by atoms with Crippen molar-refractivity contribution in [2.45, 2.75) is 39.3 Å². The van der Waals surface area contributed by atoms with Crippen LogP contribution < -0.4 is 0 Å². The Labute approximate surface area is 68.0 Å². The smallest absolute Gasteiger partial charge is 0.211 e. The number of rotatable bonds is 1. The van der Waals surface area contributed by atoms with Crippen molar-refractivity contribution in [1.29, 1.82) is 0 Å². The molecule has 1 rings (SSSR count). The lowest BCUT2D eigenvalue weighted by atomic mass is 10.0. The van der Waals surface area contributed by atoms with Gasteiger partial charge in [0, 0.05) is 5.57 Å². The molecule has 0 saturated carbocycles. The zero-order valence-corrected chi connectivity index (χ0v) is 7.64. The first-order chi connectivity index (χ1) is 4.93. The highest BCUT2D eigenvalue weighted by Gasteiger charge is 2.34. The van der Waals surface area contributed by atoms with Gasteiger partial charge in [-0.05, 0) is 27.7 Å². The van der Waals surface area contributed by atoms with Gasteiger partial charge >= 0.3 is 0 Å². The summed E-state index contributed by atoms with van der Waals surface area (Å²) in [6.07, 6.45) is 0.161. The zero-order valence-electron chi connectivity index (χ0n) is 7.64. The van der Waals surface area contributed by atoms with Crippen LogP contribution in [-0.4, -0.2) is 17.5 Å². The van der Waals surface area contributed by atoms with Gasteiger partial charge in [-0.15, -0.1) is 0 Å². The Morgan fingerprint density at radius 2 is 2.18 bits per heavy atom. The summed E-state index contributed by atoms with van der Waals surface area (Å²) in [6.45, 7) is 11.8. The molecular formula is C9H15NO. The summed E-state index contributed by atoms with van der Waals surface area (Å²) in [5, 5.41) is 0. The highest BCUT2D eigenvalue weighted by molar-refractivity contribution is 5.93. The van der Waals surface area contributed by atoms with E-state index in [9.17, 15) is 0 Å². The first-order valence-corrected chi connectivity index (χ1v) is 3.86. The van der Waals surface area contributed by atoms with E-state index in [1.807, 2.05) is 13.8 Å². The normalized spacial score (nSPS) is 27.6. The molecule has 0 aromatic rings. The SMILES string of the molecule is C=C(C)C1=NC(C)(C)C(C)O1. The zero-order chi connectivity index (χ0) is 8.65. The predicted molar refractivity (Wildman–Crippen MR) is 46.9 cm³/mol. The van der Waals surface area contributed by atoms with Gasteiger partial charge in [-0.25, -0.2) is 4.99 Å². The average molecular weight is 153 g/mol. The molecule has 0 aromatic heterocycles. The van der Waals surface area contributed by atoms with E-state index in [1.165, 1.54) is 0 Å². The van der Waals surface area contributed by atoms with E-state index in [0.717, 1.165) is 5.57 Å². The molecule has 1 aliphatic heterocycles. The van der Waals surface area contributed by atoms with Crippen LogP contribution in [0.2, 0.25) is 0 Å². The van der Waals surface area contributed by atoms with Crippen molar-refractivity contribution in [3.05, 3.63) is 12.2 Å². The van der Waals surface area contributed by atoms with Gasteiger partial charge in [0.15, 0.2) is 0 Å². The summed E-state index contributed by atoms with van der Waals surface area (Å²) in [5.41, 5.74) is 0.816. The summed E-state index contributed by atoms with van der Waals surface area (Å²) in [6, 6.07) is 0. The molecule has 0 amide bonds. The Morgan fingerprint density at radius 3 is 2.36 bits per heavy atom. The molecule has 0 aromatic carbocycles. The van der Waals surface area contributed by atoms with Gasteiger partial charge in [0.05, 0.1) is 5.54 Å². The van der Waals surface area contributed by atoms with Crippen LogP contribution in [0.25, 0.3) is 0 Å². The quantitative estimate of drug-likeness (QED) is 0.565. The molecule has 0 radical (unpaired) electrons. The van der Waals surface area contributed by atoms with Crippen LogP contribution in [-0.2, 0) is 4.74 Å². The third-order valence-electron chi connectivity index (χ3n) is 2.04. The number of hydrogen-bond donors (Lipinski definition) is 0. The summed E-state index contributed by atoms with van der Waals surface area (Å²) < 4.78 is 5.49. The van der Waals surface area contributed by atoms with Crippen LogP contribution in [0.4, 0.5) is 0 Å². The summed E-state index contributed by atoms with van der Waals surface area (Å²) in [5.74, 6) is 0.711. The van der Waals surface area contributed by atoms with Crippen molar-refractivity contribution in [2.24, 2.45) is 4.99 Å². The van der Waals surface area contributed by atoms with Crippen LogP contribution in [0.15, 0.2) is 17.1 Å². The molecule has 1 atom stereocenters. The van der Waals surface area contributed by atoms with Gasteiger partial charge in [0.1, 0.15) is 6.10 Å². The van der Waals surface area contributed by atoms with E-state index in [4.69, 9.17) is 4.74 Å². The van der Waals surface area contributed by atoms with Gasteiger partial charge in [0.2, 0.25) is 5.90 Å². The molecule has 62 valence electrons. The third kappa shape index (κ3) is 1.44. The van der Waals surface area contributed by atoms with Crippen LogP contribution >= 0.6 is 0 Å². The fraction of sp³-hybridized carbons (Fsp3) is 0.667. The first kappa shape index (κ1) is 8.31. The standard InChI is InChI=1S/C9H15NO/c1-6(2)8-10-9(4,5)7(3)11-8/h7H,1H2,2-5H3. The molecule has 1 heterocycles. The number of hydrogen-bond acceptors (Lipinski definition) is 2. The summed E-state index contributed by atoms with van der Waals surface area (Å²) in [7, 11) is 0. The van der Waals surface area contributed by atoms with E-state index in [-0.39, 0.29) is 11.6 Å². The van der Waals surface area contributed by atoms with Crippen LogP contribution in [0.5, 0.6) is 0 Å². The van der Waals surface area contributed by atoms with E-state index < -0.39 is 0 Å². The fourth-order valence-electron chi connectivity index (χ4n) is 0.887. The maximum Gasteiger partial charge on any atom is 0.211 e. The minimum Gasteiger partial charge on any atom is -0.472 e. The van der Waals surface area contributed by atoms with Gasteiger partial charge in [-0.1, -0.05) is 6.58 Å². The number of ether oxygens (including phenoxy) is 1. The second kappa shape index (κ2) is 2.36. The molecule has 0 aliphatic carbocycles. The van der Waals surface area contributed by atoms with E-state index in [2.05, 4.69) is 25.4 Å². The van der Waals surface area contributed by atoms with Gasteiger partial charge < -0.3 is 4.74 Å². The molecule has 0 spiro atoms. The molecule has 1 aliphatic rings. The maximum atomic E-state index is 5.49. The fourth-order valence-corrected chi connectivity index (χ4v) is 0.887. The van der Waals surface area contributed by atoms with Gasteiger partial charge in [-0.2, -0.15) is 0 Å². The van der Waals surface area contributed by atoms with E-state index in [0.29, 0.717) is 5.90 Å². The first-order valence-electron chi connectivity index (χ1n) is 3.86. The lowest BCUT2D eigenvalue weighted by molar-refractivity contribution is 0.175. The molecule has 1 unspecified atom stereocenters. The van der Waals surface area contributed by atoms with Crippen molar-refractivity contribution in [1.82, 2.24) is 0 Å². The molecule has 2 nitrogen and oxygen atoms in total. The van der Waals surface area contributed by atoms with E-state index in [1.54, 1.807) is 0 Å². The lowest BCUT2D eigenvalue weighted by Crippen LogP contribution is -2.28. The predicted octanol–water partition coefficient (Wildman–Crippen LogP) is 2.16. The lowest BCUT2D eigenvalue weighted by Gasteiger charge is -2.18. The average Bonchev–Trinajstić information content (AvgIpc) is 2.08. The van der Waals surface area contributed by atoms with E-state index >= 15 is 0 Å². The Kier molecular flexibility index (Phi) is 1.78. The van der Waals surface area contributed by atoms with Crippen LogP contribution in [0.1, 0.15) is 27.7 Å². The Morgan fingerprint density at radius 1 is 1.64 bits per heavy atom. The third-order valence-corrected chi connectivity index (χ3v) is 2.04. The van der Waals surface area contributed by atoms with Crippen LogP contribution in [0.3, 0.4) is 0 Å². The highest BCUT2D eigenvalue weighted by atomic mass is 16.5. The molecule has 0 N–H and O–H groups in total. The monoisotopic (exact) mass is 153 g/mol. The molecule has 0 saturated heterocycles. The van der Waals surface area contributed by atoms with Crippen molar-refractivity contribution < 1.29 is 4.74 Å². The Hall–Kier alpha value is -0.790. The topological polar surface area (TPSA) is 21.6 Å². The number of nitrogens with zero attached hydrogens (tertiary/aromatic N) is 1. The summed E-state index contributed by atoms with van der Waals surface area (Å²) >= 11 is 0. The van der Waals surface area contributed by atoms with Crippen molar-refractivity contribution in [2.75, 3.05) is 0 Å². The summed E-state index contributed by atoms with van der Waals surface area (Å²) in [4.78, 5) is 4.40. The highest BCUT2D eigenvalue weighted by Crippen LogP contribution is 2.26. The largest absolute Gasteiger partial charge is 0.472 e. The minimum absolute atomic E-state index is 0.0890. The molecule has 11 heavy (non-hydrogen) atoms. The molecule has 2 heteroatoms. The van der Waals surface area contributed by atoms with Crippen molar-refractivity contribution >= 4 is 5.90 Å². The van der Waals surface area contributed by atoms with Crippen molar-refractivity contribution in [3.63, 3.8) is 0 Å². The van der Waals surface area contributed by atoms with Crippen LogP contribution in [0, 0.1) is 0 Å². The Balaban J connectivity index is 2.84. The molecule has 0 bridgehead atoms. The molecular weight excluding hydrogens is 138 g/mol. The minimum atomic E-state index is -0.0890. The Bertz CT molecular complexity index is 216. The second-order valence-corrected chi connectivity index (χ2v) is 3.61. The second-order valence-electron chi connectivity index (χ2n) is 3.61. The maximum absolute atomic E-state index is 5.49. The van der Waals surface area contributed by atoms with Gasteiger partial charge in [0.25, 0.3) is 0 Å². The number of aliphatic imine (C=N–C) groups is 1. The molecule has 0 fully saturated rings. The van der Waals surface area contributed by atoms with Crippen molar-refractivity contribution in [3.8, 4) is 0 Å². The van der Waals surface area contributed by atoms with Gasteiger partial charge in [-0.3, -0.25) is 0 Å².